The van der Waals surface area contributed by atoms with Gasteiger partial charge < -0.3 is 28.8 Å². The number of Topliss-reactive ketones (excluding diaryl/α,β-unsaturated/α-hetero) is 1. The zero-order chi connectivity index (χ0) is 20.4. The van der Waals surface area contributed by atoms with Gasteiger partial charge in [-0.25, -0.2) is 4.98 Å². The quantitative estimate of drug-likeness (QED) is 0.656. The van der Waals surface area contributed by atoms with Crippen LogP contribution in [0, 0.1) is 0 Å². The van der Waals surface area contributed by atoms with Crippen molar-refractivity contribution in [1.82, 2.24) is 9.55 Å². The second-order valence-corrected chi connectivity index (χ2v) is 7.74. The van der Waals surface area contributed by atoms with E-state index in [9.17, 15) is 9.90 Å². The third-order valence-electron chi connectivity index (χ3n) is 5.77. The fourth-order valence-electron chi connectivity index (χ4n) is 4.45. The minimum atomic E-state index is -0.330. The normalized spacial score (nSPS) is 24.0. The molecule has 6 rings (SSSR count). The second-order valence-electron chi connectivity index (χ2n) is 7.74. The number of aromatic nitrogens is 2. The third kappa shape index (κ3) is 2.54. The number of phenolic OH excluding ortho intramolecular Hbond substituents is 1. The largest absolute Gasteiger partial charge is 0.507 e. The van der Waals surface area contributed by atoms with Gasteiger partial charge in [0.25, 0.3) is 0 Å². The highest BCUT2D eigenvalue weighted by atomic mass is 16.7. The summed E-state index contributed by atoms with van der Waals surface area (Å²) in [6, 6.07) is 6.79. The molecule has 2 aromatic heterocycles. The molecule has 3 aliphatic heterocycles. The number of carbonyl (C=O) groups excluding carboxylic acids is 1. The van der Waals surface area contributed by atoms with Gasteiger partial charge in [-0.15, -0.1) is 0 Å². The minimum Gasteiger partial charge on any atom is -0.507 e. The standard InChI is InChI=1S/C22H19N3O5/c1-24-8-12(7-17-21(27)20-15(26)3-2-4-16(20)30-17)19-14(5-6-23-22(19)24)25-9-13-11-28-18(10-25)29-13/h2-8,13,18,26H,9-11H2,1H3. The van der Waals surface area contributed by atoms with Gasteiger partial charge in [-0.1, -0.05) is 6.07 Å². The smallest absolute Gasteiger partial charge is 0.235 e. The first-order chi connectivity index (χ1) is 14.6. The Hall–Kier alpha value is -3.36. The number of carbonyl (C=O) groups is 1. The van der Waals surface area contributed by atoms with Gasteiger partial charge in [-0.2, -0.15) is 0 Å². The molecular weight excluding hydrogens is 386 g/mol. The Morgan fingerprint density at radius 2 is 2.17 bits per heavy atom. The molecule has 0 radical (unpaired) electrons. The summed E-state index contributed by atoms with van der Waals surface area (Å²) in [5, 5.41) is 11.0. The number of hydrogen-bond acceptors (Lipinski definition) is 7. The molecule has 2 unspecified atom stereocenters. The van der Waals surface area contributed by atoms with Crippen molar-refractivity contribution in [3.8, 4) is 11.5 Å². The fraction of sp³-hybridized carbons (Fsp3) is 0.273. The maximum atomic E-state index is 12.8. The molecule has 3 aliphatic rings. The van der Waals surface area contributed by atoms with E-state index < -0.39 is 0 Å². The van der Waals surface area contributed by atoms with E-state index >= 15 is 0 Å². The van der Waals surface area contributed by atoms with E-state index in [-0.39, 0.29) is 35.2 Å². The van der Waals surface area contributed by atoms with Crippen LogP contribution in [0.1, 0.15) is 15.9 Å². The summed E-state index contributed by atoms with van der Waals surface area (Å²) in [6.45, 7) is 1.97. The van der Waals surface area contributed by atoms with Gasteiger partial charge in [-0.3, -0.25) is 4.79 Å². The lowest BCUT2D eigenvalue weighted by Crippen LogP contribution is -2.43. The van der Waals surface area contributed by atoms with Crippen LogP contribution < -0.4 is 9.64 Å². The first-order valence-corrected chi connectivity index (χ1v) is 9.81. The van der Waals surface area contributed by atoms with Crippen LogP contribution in [0.5, 0.6) is 11.5 Å². The number of aryl methyl sites for hydroxylation is 1. The molecule has 3 aromatic rings. The number of rotatable bonds is 2. The number of hydrogen-bond donors (Lipinski definition) is 1. The van der Waals surface area contributed by atoms with E-state index in [1.54, 1.807) is 24.4 Å². The molecule has 8 heteroatoms. The maximum absolute atomic E-state index is 12.8. The summed E-state index contributed by atoms with van der Waals surface area (Å²) in [6.07, 6.45) is 5.27. The van der Waals surface area contributed by atoms with Crippen LogP contribution in [-0.2, 0) is 16.5 Å². The Morgan fingerprint density at radius 3 is 3.00 bits per heavy atom. The molecule has 1 N–H and O–H groups in total. The summed E-state index contributed by atoms with van der Waals surface area (Å²) in [7, 11) is 1.92. The molecular formula is C22H19N3O5. The summed E-state index contributed by atoms with van der Waals surface area (Å²) >= 11 is 0. The van der Waals surface area contributed by atoms with Crippen LogP contribution in [0.2, 0.25) is 0 Å². The maximum Gasteiger partial charge on any atom is 0.235 e. The molecule has 0 saturated carbocycles. The van der Waals surface area contributed by atoms with Crippen LogP contribution in [0.25, 0.3) is 17.1 Å². The average Bonchev–Trinajstić information content (AvgIpc) is 3.36. The second kappa shape index (κ2) is 6.32. The fourth-order valence-corrected chi connectivity index (χ4v) is 4.45. The molecule has 5 heterocycles. The van der Waals surface area contributed by atoms with Crippen LogP contribution in [0.4, 0.5) is 5.69 Å². The van der Waals surface area contributed by atoms with Crippen LogP contribution in [-0.4, -0.2) is 52.5 Å². The number of aromatic hydroxyl groups is 1. The Morgan fingerprint density at radius 1 is 1.27 bits per heavy atom. The highest BCUT2D eigenvalue weighted by molar-refractivity contribution is 6.17. The molecule has 0 amide bonds. The first-order valence-electron chi connectivity index (χ1n) is 9.81. The van der Waals surface area contributed by atoms with Crippen LogP contribution in [0.15, 0.2) is 42.4 Å². The zero-order valence-corrected chi connectivity index (χ0v) is 16.2. The van der Waals surface area contributed by atoms with Gasteiger partial charge in [0.15, 0.2) is 12.0 Å². The molecule has 8 nitrogen and oxygen atoms in total. The van der Waals surface area contributed by atoms with E-state index in [4.69, 9.17) is 14.2 Å². The molecule has 2 atom stereocenters. The van der Waals surface area contributed by atoms with Crippen molar-refractivity contribution in [2.75, 3.05) is 24.6 Å². The number of allylic oxidation sites excluding steroid dienone is 1. The van der Waals surface area contributed by atoms with E-state index in [1.807, 2.05) is 23.9 Å². The van der Waals surface area contributed by atoms with E-state index in [1.165, 1.54) is 6.07 Å². The van der Waals surface area contributed by atoms with Crippen molar-refractivity contribution in [2.45, 2.75) is 12.4 Å². The number of anilines is 1. The minimum absolute atomic E-state index is 0.0506. The topological polar surface area (TPSA) is 86.1 Å². The summed E-state index contributed by atoms with van der Waals surface area (Å²) in [4.78, 5) is 19.6. The number of ketones is 1. The molecule has 0 aliphatic carbocycles. The Kier molecular flexibility index (Phi) is 3.68. The zero-order valence-electron chi connectivity index (χ0n) is 16.2. The van der Waals surface area contributed by atoms with Gasteiger partial charge in [0.05, 0.1) is 18.8 Å². The Balaban J connectivity index is 1.46. The van der Waals surface area contributed by atoms with Crippen LogP contribution >= 0.6 is 0 Å². The lowest BCUT2D eigenvalue weighted by molar-refractivity contribution is -0.0624. The van der Waals surface area contributed by atoms with Crippen molar-refractivity contribution in [3.05, 3.63) is 53.5 Å². The molecule has 2 fully saturated rings. The summed E-state index contributed by atoms with van der Waals surface area (Å²) in [5.41, 5.74) is 2.85. The monoisotopic (exact) mass is 405 g/mol. The molecule has 30 heavy (non-hydrogen) atoms. The first kappa shape index (κ1) is 17.5. The van der Waals surface area contributed by atoms with E-state index in [0.29, 0.717) is 18.9 Å². The summed E-state index contributed by atoms with van der Waals surface area (Å²) in [5.74, 6) is 0.138. The van der Waals surface area contributed by atoms with Gasteiger partial charge in [0.1, 0.15) is 28.8 Å². The van der Waals surface area contributed by atoms with Gasteiger partial charge in [0.2, 0.25) is 5.78 Å². The number of fused-ring (bicyclic) bond motifs is 4. The predicted octanol–water partition coefficient (Wildman–Crippen LogP) is 2.46. The highest BCUT2D eigenvalue weighted by Crippen LogP contribution is 2.39. The predicted molar refractivity (Wildman–Crippen MR) is 109 cm³/mol. The van der Waals surface area contributed by atoms with Crippen molar-refractivity contribution < 1.29 is 24.1 Å². The molecule has 2 bridgehead atoms. The number of ether oxygens (including phenoxy) is 3. The number of pyridine rings is 1. The Labute approximate surface area is 171 Å². The van der Waals surface area contributed by atoms with Crippen molar-refractivity contribution in [2.24, 2.45) is 7.05 Å². The van der Waals surface area contributed by atoms with Crippen molar-refractivity contribution in [1.29, 1.82) is 0 Å². The highest BCUT2D eigenvalue weighted by Gasteiger charge is 2.36. The van der Waals surface area contributed by atoms with Gasteiger partial charge in [-0.05, 0) is 24.3 Å². The summed E-state index contributed by atoms with van der Waals surface area (Å²) < 4.78 is 19.1. The molecule has 0 spiro atoms. The SMILES string of the molecule is Cn1cc(C=C2Oc3cccc(O)c3C2=O)c2c(N3CC4COC(C3)O4)ccnc21. The Bertz CT molecular complexity index is 1220. The van der Waals surface area contributed by atoms with Crippen molar-refractivity contribution >= 4 is 28.6 Å². The van der Waals surface area contributed by atoms with Gasteiger partial charge >= 0.3 is 0 Å². The number of phenols is 1. The lowest BCUT2D eigenvalue weighted by atomic mass is 10.1. The number of benzene rings is 1. The average molecular weight is 405 g/mol. The van der Waals surface area contributed by atoms with E-state index in [2.05, 4.69) is 9.88 Å². The molecule has 1 aromatic carbocycles. The van der Waals surface area contributed by atoms with Crippen molar-refractivity contribution in [3.63, 3.8) is 0 Å². The van der Waals surface area contributed by atoms with Gasteiger partial charge in [0, 0.05) is 36.9 Å². The molecule has 2 saturated heterocycles. The molecule has 152 valence electrons. The number of morpholine rings is 1. The number of nitrogens with zero attached hydrogens (tertiary/aromatic N) is 3. The van der Waals surface area contributed by atoms with Crippen LogP contribution in [0.3, 0.4) is 0 Å². The third-order valence-corrected chi connectivity index (χ3v) is 5.77. The van der Waals surface area contributed by atoms with E-state index in [0.717, 1.165) is 28.8 Å². The lowest BCUT2D eigenvalue weighted by Gasteiger charge is -2.32.